The van der Waals surface area contributed by atoms with Gasteiger partial charge in [0.2, 0.25) is 5.91 Å². The molecule has 1 saturated heterocycles. The van der Waals surface area contributed by atoms with E-state index in [1.807, 2.05) is 31.2 Å². The molecule has 0 atom stereocenters. The van der Waals surface area contributed by atoms with Gasteiger partial charge in [-0.25, -0.2) is 4.79 Å². The summed E-state index contributed by atoms with van der Waals surface area (Å²) in [5.74, 6) is -1.39. The van der Waals surface area contributed by atoms with Crippen LogP contribution in [0.25, 0.3) is 6.08 Å². The number of hydrazine groups is 1. The van der Waals surface area contributed by atoms with E-state index in [1.165, 1.54) is 6.08 Å². The quantitative estimate of drug-likeness (QED) is 0.412. The molecule has 1 aliphatic heterocycles. The van der Waals surface area contributed by atoms with Crippen LogP contribution in [0.4, 0.5) is 4.79 Å². The molecule has 0 spiro atoms. The molecule has 5 amide bonds. The lowest BCUT2D eigenvalue weighted by Crippen LogP contribution is -2.43. The van der Waals surface area contributed by atoms with Gasteiger partial charge in [-0.15, -0.1) is 0 Å². The second kappa shape index (κ2) is 7.81. The van der Waals surface area contributed by atoms with Crippen LogP contribution in [-0.4, -0.2) is 40.7 Å². The molecule has 26 heavy (non-hydrogen) atoms. The zero-order chi connectivity index (χ0) is 19.3. The smallest absolute Gasteiger partial charge is 0.324 e. The summed E-state index contributed by atoms with van der Waals surface area (Å²) in [6.45, 7) is 5.09. The highest BCUT2D eigenvalue weighted by molar-refractivity contribution is 6.06. The summed E-state index contributed by atoms with van der Waals surface area (Å²) < 4.78 is 0. The molecule has 8 nitrogen and oxygen atoms in total. The molecule has 0 aliphatic carbocycles. The van der Waals surface area contributed by atoms with Gasteiger partial charge >= 0.3 is 6.03 Å². The molecule has 138 valence electrons. The molecule has 1 aromatic carbocycles. The highest BCUT2D eigenvalue weighted by Crippen LogP contribution is 2.16. The van der Waals surface area contributed by atoms with Crippen LogP contribution in [0.5, 0.6) is 0 Å². The van der Waals surface area contributed by atoms with Gasteiger partial charge in [0.05, 0.1) is 0 Å². The number of rotatable bonds is 5. The zero-order valence-electron chi connectivity index (χ0n) is 15.0. The number of carbonyl (C=O) groups excluding carboxylic acids is 4. The number of hydrogen-bond donors (Lipinski definition) is 3. The van der Waals surface area contributed by atoms with Crippen LogP contribution < -0.4 is 16.2 Å². The van der Waals surface area contributed by atoms with Crippen molar-refractivity contribution in [3.05, 3.63) is 41.5 Å². The molecule has 2 rings (SSSR count). The second-order valence-electron chi connectivity index (χ2n) is 6.54. The number of benzene rings is 1. The van der Waals surface area contributed by atoms with E-state index < -0.39 is 23.4 Å². The van der Waals surface area contributed by atoms with Crippen molar-refractivity contribution >= 4 is 29.8 Å². The minimum Gasteiger partial charge on any atom is -0.324 e. The van der Waals surface area contributed by atoms with Gasteiger partial charge < -0.3 is 5.32 Å². The molecule has 8 heteroatoms. The van der Waals surface area contributed by atoms with Crippen molar-refractivity contribution in [2.24, 2.45) is 0 Å². The maximum Gasteiger partial charge on any atom is 0.325 e. The first kappa shape index (κ1) is 19.2. The van der Waals surface area contributed by atoms with E-state index in [9.17, 15) is 19.2 Å². The Balaban J connectivity index is 1.75. The van der Waals surface area contributed by atoms with Crippen molar-refractivity contribution in [1.82, 2.24) is 21.1 Å². The monoisotopic (exact) mass is 358 g/mol. The van der Waals surface area contributed by atoms with Crippen LogP contribution in [0.1, 0.15) is 31.4 Å². The Morgan fingerprint density at radius 3 is 2.38 bits per heavy atom. The lowest BCUT2D eigenvalue weighted by molar-refractivity contribution is -0.131. The maximum atomic E-state index is 12.0. The van der Waals surface area contributed by atoms with Gasteiger partial charge in [0.1, 0.15) is 5.54 Å². The van der Waals surface area contributed by atoms with Crippen molar-refractivity contribution in [3.8, 4) is 0 Å². The third-order valence-corrected chi connectivity index (χ3v) is 3.84. The number of nitrogens with one attached hydrogen (secondary N) is 3. The minimum absolute atomic E-state index is 0.0605. The predicted molar refractivity (Wildman–Crippen MR) is 95.4 cm³/mol. The fraction of sp³-hybridized carbons (Fsp3) is 0.333. The SMILES string of the molecule is Cc1ccc(/C=C/C(=O)NNC(=O)CCN2C(=O)NC(C)(C)C2=O)cc1. The first-order chi connectivity index (χ1) is 12.2. The lowest BCUT2D eigenvalue weighted by Gasteiger charge is -2.15. The maximum absolute atomic E-state index is 12.0. The molecule has 1 heterocycles. The van der Waals surface area contributed by atoms with Gasteiger partial charge in [-0.3, -0.25) is 30.1 Å². The molecule has 0 saturated carbocycles. The van der Waals surface area contributed by atoms with Gasteiger partial charge in [-0.1, -0.05) is 29.8 Å². The molecular weight excluding hydrogens is 336 g/mol. The Kier molecular flexibility index (Phi) is 5.76. The summed E-state index contributed by atoms with van der Waals surface area (Å²) >= 11 is 0. The van der Waals surface area contributed by atoms with Crippen LogP contribution in [0, 0.1) is 6.92 Å². The summed E-state index contributed by atoms with van der Waals surface area (Å²) in [6, 6.07) is 7.07. The number of urea groups is 1. The molecule has 1 aliphatic rings. The van der Waals surface area contributed by atoms with Crippen LogP contribution in [-0.2, 0) is 14.4 Å². The number of imide groups is 1. The molecule has 1 aromatic rings. The Morgan fingerprint density at radius 1 is 1.15 bits per heavy atom. The zero-order valence-corrected chi connectivity index (χ0v) is 15.0. The summed E-state index contributed by atoms with van der Waals surface area (Å²) in [6.07, 6.45) is 2.80. The van der Waals surface area contributed by atoms with E-state index in [0.717, 1.165) is 16.0 Å². The Bertz CT molecular complexity index is 753. The summed E-state index contributed by atoms with van der Waals surface area (Å²) in [4.78, 5) is 48.1. The highest BCUT2D eigenvalue weighted by Gasteiger charge is 2.43. The van der Waals surface area contributed by atoms with Crippen LogP contribution in [0.2, 0.25) is 0 Å². The topological polar surface area (TPSA) is 108 Å². The first-order valence-electron chi connectivity index (χ1n) is 8.17. The molecule has 0 unspecified atom stereocenters. The number of hydrogen-bond acceptors (Lipinski definition) is 4. The number of nitrogens with zero attached hydrogens (tertiary/aromatic N) is 1. The van der Waals surface area contributed by atoms with Crippen molar-refractivity contribution in [2.45, 2.75) is 32.7 Å². The van der Waals surface area contributed by atoms with E-state index in [4.69, 9.17) is 0 Å². The van der Waals surface area contributed by atoms with Gasteiger partial charge in [0, 0.05) is 19.0 Å². The van der Waals surface area contributed by atoms with Crippen LogP contribution in [0.15, 0.2) is 30.3 Å². The third-order valence-electron chi connectivity index (χ3n) is 3.84. The van der Waals surface area contributed by atoms with Gasteiger partial charge in [0.15, 0.2) is 0 Å². The third kappa shape index (κ3) is 4.92. The minimum atomic E-state index is -0.970. The Labute approximate surface area is 151 Å². The largest absolute Gasteiger partial charge is 0.325 e. The van der Waals surface area contributed by atoms with Crippen molar-refractivity contribution in [2.75, 3.05) is 6.54 Å². The first-order valence-corrected chi connectivity index (χ1v) is 8.17. The van der Waals surface area contributed by atoms with Gasteiger partial charge in [-0.05, 0) is 32.4 Å². The highest BCUT2D eigenvalue weighted by atomic mass is 16.2. The second-order valence-corrected chi connectivity index (χ2v) is 6.54. The van der Waals surface area contributed by atoms with Gasteiger partial charge in [-0.2, -0.15) is 0 Å². The molecular formula is C18H22N4O4. The molecule has 0 radical (unpaired) electrons. The number of carbonyl (C=O) groups is 4. The van der Waals surface area contributed by atoms with Crippen LogP contribution in [0.3, 0.4) is 0 Å². The van der Waals surface area contributed by atoms with E-state index in [-0.39, 0.29) is 18.9 Å². The average Bonchev–Trinajstić information content (AvgIpc) is 2.78. The van der Waals surface area contributed by atoms with Crippen LogP contribution >= 0.6 is 0 Å². The molecule has 3 N–H and O–H groups in total. The Morgan fingerprint density at radius 2 is 1.81 bits per heavy atom. The standard InChI is InChI=1S/C18H22N4O4/c1-12-4-6-13(7-5-12)8-9-14(23)20-21-15(24)10-11-22-16(25)18(2,3)19-17(22)26/h4-9H,10-11H2,1-3H3,(H,19,26)(H,20,23)(H,21,24)/b9-8+. The molecule has 0 aromatic heterocycles. The summed E-state index contributed by atoms with van der Waals surface area (Å²) in [7, 11) is 0. The fourth-order valence-corrected chi connectivity index (χ4v) is 2.32. The average molecular weight is 358 g/mol. The molecule has 1 fully saturated rings. The normalized spacial score (nSPS) is 15.9. The van der Waals surface area contributed by atoms with Crippen molar-refractivity contribution in [1.29, 1.82) is 0 Å². The lowest BCUT2D eigenvalue weighted by atomic mass is 10.1. The van der Waals surface area contributed by atoms with E-state index in [0.29, 0.717) is 0 Å². The van der Waals surface area contributed by atoms with E-state index >= 15 is 0 Å². The predicted octanol–water partition coefficient (Wildman–Crippen LogP) is 0.876. The number of aryl methyl sites for hydroxylation is 1. The number of amides is 5. The fourth-order valence-electron chi connectivity index (χ4n) is 2.32. The van der Waals surface area contributed by atoms with Crippen molar-refractivity contribution < 1.29 is 19.2 Å². The Hall–Kier alpha value is -3.16. The van der Waals surface area contributed by atoms with E-state index in [2.05, 4.69) is 16.2 Å². The van der Waals surface area contributed by atoms with Crippen molar-refractivity contribution in [3.63, 3.8) is 0 Å². The van der Waals surface area contributed by atoms with Gasteiger partial charge in [0.25, 0.3) is 11.8 Å². The summed E-state index contributed by atoms with van der Waals surface area (Å²) in [5.41, 5.74) is 5.50. The summed E-state index contributed by atoms with van der Waals surface area (Å²) in [5, 5.41) is 2.53. The molecule has 0 bridgehead atoms. The van der Waals surface area contributed by atoms with E-state index in [1.54, 1.807) is 19.9 Å².